The Balaban J connectivity index is 0.00000342. The highest BCUT2D eigenvalue weighted by Crippen LogP contribution is 2.34. The summed E-state index contributed by atoms with van der Waals surface area (Å²) in [5.74, 6) is 0.565. The minimum absolute atomic E-state index is 0. The van der Waals surface area contributed by atoms with E-state index in [0.29, 0.717) is 16.5 Å². The van der Waals surface area contributed by atoms with Crippen LogP contribution in [0.1, 0.15) is 30.5 Å². The Morgan fingerprint density at radius 1 is 0.943 bits per heavy atom. The summed E-state index contributed by atoms with van der Waals surface area (Å²) in [7, 11) is -1.69. The van der Waals surface area contributed by atoms with Crippen LogP contribution in [0.25, 0.3) is 11.1 Å². The van der Waals surface area contributed by atoms with Crippen molar-refractivity contribution < 1.29 is 13.2 Å². The van der Waals surface area contributed by atoms with Gasteiger partial charge in [0.1, 0.15) is 5.75 Å². The van der Waals surface area contributed by atoms with Gasteiger partial charge in [0.25, 0.3) is 10.0 Å². The van der Waals surface area contributed by atoms with E-state index in [1.54, 1.807) is 12.1 Å². The van der Waals surface area contributed by atoms with Gasteiger partial charge in [-0.15, -0.1) is 12.4 Å². The molecule has 0 saturated carbocycles. The molecule has 35 heavy (non-hydrogen) atoms. The lowest BCUT2D eigenvalue weighted by Gasteiger charge is -2.19. The number of likely N-dealkylation sites (N-methyl/N-ethyl adjacent to an activating group) is 1. The average Bonchev–Trinajstić information content (AvgIpc) is 2.96. The van der Waals surface area contributed by atoms with Crippen molar-refractivity contribution in [3.05, 3.63) is 76.3 Å². The van der Waals surface area contributed by atoms with E-state index in [1.807, 2.05) is 63.2 Å². The number of ether oxygens (including phenoxy) is 1. The zero-order chi connectivity index (χ0) is 24.5. The second-order valence-electron chi connectivity index (χ2n) is 9.18. The molecule has 1 N–H and O–H groups in total. The minimum Gasteiger partial charge on any atom is -0.489 e. The van der Waals surface area contributed by atoms with Crippen molar-refractivity contribution in [2.45, 2.75) is 44.6 Å². The number of halogens is 2. The quantitative estimate of drug-likeness (QED) is 0.399. The Hall–Kier alpha value is -2.25. The molecule has 3 aromatic rings. The van der Waals surface area contributed by atoms with Crippen LogP contribution in [-0.2, 0) is 22.9 Å². The van der Waals surface area contributed by atoms with Crippen LogP contribution in [0.5, 0.6) is 5.75 Å². The van der Waals surface area contributed by atoms with E-state index >= 15 is 0 Å². The first-order valence-corrected chi connectivity index (χ1v) is 13.4. The monoisotopic (exact) mass is 534 g/mol. The lowest BCUT2D eigenvalue weighted by Crippen LogP contribution is -2.20. The first kappa shape index (κ1) is 27.3. The summed E-state index contributed by atoms with van der Waals surface area (Å²) in [4.78, 5) is 2.49. The lowest BCUT2D eigenvalue weighted by molar-refractivity contribution is 0.243. The fourth-order valence-electron chi connectivity index (χ4n) is 4.15. The fourth-order valence-corrected chi connectivity index (χ4v) is 5.33. The van der Waals surface area contributed by atoms with Crippen molar-refractivity contribution >= 4 is 39.7 Å². The van der Waals surface area contributed by atoms with Crippen LogP contribution in [0.15, 0.2) is 59.5 Å². The van der Waals surface area contributed by atoms with Crippen LogP contribution in [-0.4, -0.2) is 39.6 Å². The van der Waals surface area contributed by atoms with Crippen LogP contribution in [0.2, 0.25) is 5.02 Å². The Kier molecular flexibility index (Phi) is 8.76. The summed E-state index contributed by atoms with van der Waals surface area (Å²) in [6, 6.07) is 16.6. The van der Waals surface area contributed by atoms with Gasteiger partial charge < -0.3 is 9.64 Å². The third kappa shape index (κ3) is 6.50. The lowest BCUT2D eigenvalue weighted by atomic mass is 10.0. The van der Waals surface area contributed by atoms with E-state index < -0.39 is 10.0 Å². The second kappa shape index (κ2) is 11.2. The Labute approximate surface area is 219 Å². The number of rotatable bonds is 6. The Morgan fingerprint density at radius 2 is 1.54 bits per heavy atom. The Bertz CT molecular complexity index is 1290. The predicted molar refractivity (Wildman–Crippen MR) is 147 cm³/mol. The van der Waals surface area contributed by atoms with Crippen LogP contribution >= 0.6 is 24.0 Å². The first-order valence-electron chi connectivity index (χ1n) is 11.5. The molecular formula is C27H32Cl2N2O3S. The maximum absolute atomic E-state index is 13.3. The van der Waals surface area contributed by atoms with Gasteiger partial charge >= 0.3 is 0 Å². The molecule has 4 rings (SSSR count). The number of aryl methyl sites for hydroxylation is 1. The molecule has 1 aliphatic rings. The molecule has 188 valence electrons. The van der Waals surface area contributed by atoms with E-state index in [9.17, 15) is 8.42 Å². The third-order valence-corrected chi connectivity index (χ3v) is 7.90. The highest BCUT2D eigenvalue weighted by molar-refractivity contribution is 7.92. The van der Waals surface area contributed by atoms with Crippen molar-refractivity contribution in [3.63, 3.8) is 0 Å². The number of sulfonamides is 1. The van der Waals surface area contributed by atoms with Crippen molar-refractivity contribution in [1.29, 1.82) is 0 Å². The number of benzene rings is 3. The normalized spacial score (nSPS) is 14.1. The van der Waals surface area contributed by atoms with Gasteiger partial charge in [0.2, 0.25) is 0 Å². The average molecular weight is 536 g/mol. The second-order valence-corrected chi connectivity index (χ2v) is 11.3. The standard InChI is InChI=1S/C27H31ClN2O3S.ClH/c1-18(2)33-27-17-23-12-14-30(4)13-11-22(23)16-26(27)29-34(31,32)24-8-5-20(6-9-24)21-7-10-25(28)19(3)15-21;/h5-10,15-18,29H,11-14H2,1-4H3;1H. The largest absolute Gasteiger partial charge is 0.489 e. The highest BCUT2D eigenvalue weighted by Gasteiger charge is 2.21. The molecular weight excluding hydrogens is 503 g/mol. The van der Waals surface area contributed by atoms with Crippen molar-refractivity contribution in [3.8, 4) is 16.9 Å². The van der Waals surface area contributed by atoms with Crippen molar-refractivity contribution in [2.24, 2.45) is 0 Å². The molecule has 0 saturated heterocycles. The fraction of sp³-hybridized carbons (Fsp3) is 0.333. The molecule has 0 bridgehead atoms. The maximum Gasteiger partial charge on any atom is 0.262 e. The van der Waals surface area contributed by atoms with Gasteiger partial charge in [-0.25, -0.2) is 8.42 Å². The predicted octanol–water partition coefficient (Wildman–Crippen LogP) is 6.36. The van der Waals surface area contributed by atoms with Gasteiger partial charge in [-0.05, 0) is 105 Å². The molecule has 0 spiro atoms. The summed E-state index contributed by atoms with van der Waals surface area (Å²) in [5, 5.41) is 0.707. The summed E-state index contributed by atoms with van der Waals surface area (Å²) in [6.07, 6.45) is 1.72. The van der Waals surface area contributed by atoms with Gasteiger partial charge in [-0.1, -0.05) is 29.8 Å². The molecule has 1 aliphatic heterocycles. The highest BCUT2D eigenvalue weighted by atomic mass is 35.5. The molecule has 0 amide bonds. The van der Waals surface area contributed by atoms with Crippen LogP contribution < -0.4 is 9.46 Å². The molecule has 0 fully saturated rings. The molecule has 0 unspecified atom stereocenters. The van der Waals surface area contributed by atoms with Crippen molar-refractivity contribution in [1.82, 2.24) is 4.90 Å². The smallest absolute Gasteiger partial charge is 0.262 e. The molecule has 8 heteroatoms. The van der Waals surface area contributed by atoms with Crippen LogP contribution in [0, 0.1) is 6.92 Å². The number of hydrogen-bond donors (Lipinski definition) is 1. The molecule has 0 aromatic heterocycles. The van der Waals surface area contributed by atoms with Crippen LogP contribution in [0.3, 0.4) is 0 Å². The van der Waals surface area contributed by atoms with Gasteiger partial charge in [-0.2, -0.15) is 0 Å². The number of nitrogens with one attached hydrogen (secondary N) is 1. The SMILES string of the molecule is Cc1cc(-c2ccc(S(=O)(=O)Nc3cc4c(cc3OC(C)C)CCN(C)CC4)cc2)ccc1Cl.Cl. The van der Waals surface area contributed by atoms with Gasteiger partial charge in [-0.3, -0.25) is 4.72 Å². The number of nitrogens with zero attached hydrogens (tertiary/aromatic N) is 1. The van der Waals surface area contributed by atoms with E-state index in [1.165, 1.54) is 5.56 Å². The summed E-state index contributed by atoms with van der Waals surface area (Å²) in [5.41, 5.74) is 5.75. The van der Waals surface area contributed by atoms with E-state index in [0.717, 1.165) is 48.2 Å². The molecule has 0 aliphatic carbocycles. The molecule has 3 aromatic carbocycles. The van der Waals surface area contributed by atoms with Gasteiger partial charge in [0.15, 0.2) is 0 Å². The zero-order valence-electron chi connectivity index (χ0n) is 20.5. The van der Waals surface area contributed by atoms with Gasteiger partial charge in [0, 0.05) is 18.1 Å². The number of fused-ring (bicyclic) bond motifs is 1. The summed E-state index contributed by atoms with van der Waals surface area (Å²) in [6.45, 7) is 7.74. The summed E-state index contributed by atoms with van der Waals surface area (Å²) >= 11 is 6.13. The molecule has 1 heterocycles. The first-order chi connectivity index (χ1) is 16.1. The summed E-state index contributed by atoms with van der Waals surface area (Å²) < 4.78 is 35.4. The molecule has 0 radical (unpaired) electrons. The van der Waals surface area contributed by atoms with E-state index in [-0.39, 0.29) is 23.4 Å². The third-order valence-electron chi connectivity index (χ3n) is 6.09. The minimum atomic E-state index is -3.79. The topological polar surface area (TPSA) is 58.6 Å². The maximum atomic E-state index is 13.3. The van der Waals surface area contributed by atoms with E-state index in [4.69, 9.17) is 16.3 Å². The molecule has 0 atom stereocenters. The van der Waals surface area contributed by atoms with Gasteiger partial charge in [0.05, 0.1) is 16.7 Å². The number of hydrogen-bond acceptors (Lipinski definition) is 4. The number of anilines is 1. The van der Waals surface area contributed by atoms with Crippen molar-refractivity contribution in [2.75, 3.05) is 24.9 Å². The van der Waals surface area contributed by atoms with Crippen LogP contribution in [0.4, 0.5) is 5.69 Å². The Morgan fingerprint density at radius 3 is 2.14 bits per heavy atom. The zero-order valence-corrected chi connectivity index (χ0v) is 22.9. The van der Waals surface area contributed by atoms with E-state index in [2.05, 4.69) is 16.7 Å². The molecule has 5 nitrogen and oxygen atoms in total.